The van der Waals surface area contributed by atoms with Crippen molar-refractivity contribution in [2.24, 2.45) is 0 Å². The van der Waals surface area contributed by atoms with E-state index in [0.29, 0.717) is 10.6 Å². The number of amides is 1. The predicted octanol–water partition coefficient (Wildman–Crippen LogP) is 4.47. The van der Waals surface area contributed by atoms with Gasteiger partial charge in [-0.3, -0.25) is 4.79 Å². The highest BCUT2D eigenvalue weighted by Crippen LogP contribution is 2.24. The van der Waals surface area contributed by atoms with Crippen molar-refractivity contribution in [3.63, 3.8) is 0 Å². The Labute approximate surface area is 161 Å². The van der Waals surface area contributed by atoms with Crippen LogP contribution in [0.2, 0.25) is 5.02 Å². The van der Waals surface area contributed by atoms with Crippen LogP contribution in [0.15, 0.2) is 60.1 Å². The molecular formula is C20H18ClN3OS. The summed E-state index contributed by atoms with van der Waals surface area (Å²) < 4.78 is 0. The standard InChI is InChI=1S/C20H18ClN3OS/c21-17-3-1-2-16(12-17)14-4-6-15(7-5-14)19(25)23-18-8-10-24(13-18)20-22-9-11-26-20/h1-7,9,11-12,18H,8,10,13H2,(H,23,25). The number of carbonyl (C=O) groups is 1. The van der Waals surface area contributed by atoms with E-state index < -0.39 is 0 Å². The minimum atomic E-state index is -0.0337. The molecule has 1 atom stereocenters. The van der Waals surface area contributed by atoms with Crippen molar-refractivity contribution >= 4 is 34.0 Å². The summed E-state index contributed by atoms with van der Waals surface area (Å²) >= 11 is 7.68. The molecule has 4 nitrogen and oxygen atoms in total. The Kier molecular flexibility index (Phi) is 4.91. The number of thiazole rings is 1. The number of nitrogens with zero attached hydrogens (tertiary/aromatic N) is 2. The Bertz CT molecular complexity index is 896. The van der Waals surface area contributed by atoms with E-state index in [0.717, 1.165) is 35.8 Å². The molecule has 2 aromatic carbocycles. The number of hydrogen-bond donors (Lipinski definition) is 1. The van der Waals surface area contributed by atoms with Gasteiger partial charge < -0.3 is 10.2 Å². The Hall–Kier alpha value is -2.37. The quantitative estimate of drug-likeness (QED) is 0.722. The molecule has 4 rings (SSSR count). The molecule has 0 aliphatic carbocycles. The summed E-state index contributed by atoms with van der Waals surface area (Å²) in [4.78, 5) is 19.1. The minimum absolute atomic E-state index is 0.0337. The van der Waals surface area contributed by atoms with Crippen molar-refractivity contribution in [2.75, 3.05) is 18.0 Å². The maximum atomic E-state index is 12.5. The summed E-state index contributed by atoms with van der Waals surface area (Å²) in [5.74, 6) is -0.0337. The summed E-state index contributed by atoms with van der Waals surface area (Å²) in [7, 11) is 0. The molecule has 1 N–H and O–H groups in total. The van der Waals surface area contributed by atoms with Gasteiger partial charge in [0.25, 0.3) is 5.91 Å². The normalized spacial score (nSPS) is 16.7. The molecule has 1 aromatic heterocycles. The number of aromatic nitrogens is 1. The van der Waals surface area contributed by atoms with Crippen LogP contribution in [0, 0.1) is 0 Å². The largest absolute Gasteiger partial charge is 0.347 e. The summed E-state index contributed by atoms with van der Waals surface area (Å²) in [6.45, 7) is 1.73. The summed E-state index contributed by atoms with van der Waals surface area (Å²) in [6.07, 6.45) is 2.75. The van der Waals surface area contributed by atoms with Crippen molar-refractivity contribution in [3.05, 3.63) is 70.7 Å². The zero-order valence-corrected chi connectivity index (χ0v) is 15.6. The highest BCUT2D eigenvalue weighted by molar-refractivity contribution is 7.13. The number of rotatable bonds is 4. The molecule has 1 fully saturated rings. The number of nitrogens with one attached hydrogen (secondary N) is 1. The molecule has 1 saturated heterocycles. The van der Waals surface area contributed by atoms with Crippen LogP contribution in [0.5, 0.6) is 0 Å². The van der Waals surface area contributed by atoms with Crippen molar-refractivity contribution in [1.29, 1.82) is 0 Å². The van der Waals surface area contributed by atoms with Gasteiger partial charge in [-0.1, -0.05) is 35.9 Å². The van der Waals surface area contributed by atoms with Crippen LogP contribution in [-0.2, 0) is 0 Å². The number of anilines is 1. The van der Waals surface area contributed by atoms with E-state index in [1.54, 1.807) is 11.3 Å². The molecule has 0 bridgehead atoms. The molecule has 1 amide bonds. The van der Waals surface area contributed by atoms with Crippen molar-refractivity contribution < 1.29 is 4.79 Å². The van der Waals surface area contributed by atoms with Gasteiger partial charge in [0.15, 0.2) is 5.13 Å². The lowest BCUT2D eigenvalue weighted by Crippen LogP contribution is -2.37. The first-order chi connectivity index (χ1) is 12.7. The van der Waals surface area contributed by atoms with E-state index in [2.05, 4.69) is 15.2 Å². The Morgan fingerprint density at radius 3 is 2.77 bits per heavy atom. The second kappa shape index (κ2) is 7.48. The average molecular weight is 384 g/mol. The van der Waals surface area contributed by atoms with Crippen LogP contribution in [-0.4, -0.2) is 30.0 Å². The molecule has 0 radical (unpaired) electrons. The maximum Gasteiger partial charge on any atom is 0.251 e. The Morgan fingerprint density at radius 1 is 1.19 bits per heavy atom. The van der Waals surface area contributed by atoms with E-state index in [-0.39, 0.29) is 11.9 Å². The third kappa shape index (κ3) is 3.74. The number of halogens is 1. The smallest absolute Gasteiger partial charge is 0.251 e. The lowest BCUT2D eigenvalue weighted by molar-refractivity contribution is 0.0940. The lowest BCUT2D eigenvalue weighted by Gasteiger charge is -2.16. The van der Waals surface area contributed by atoms with E-state index in [1.807, 2.05) is 60.1 Å². The first kappa shape index (κ1) is 17.1. The average Bonchev–Trinajstić information content (AvgIpc) is 3.33. The van der Waals surface area contributed by atoms with E-state index in [4.69, 9.17) is 11.6 Å². The summed E-state index contributed by atoms with van der Waals surface area (Å²) in [6, 6.07) is 15.5. The van der Waals surface area contributed by atoms with Gasteiger partial charge in [-0.25, -0.2) is 4.98 Å². The lowest BCUT2D eigenvalue weighted by atomic mass is 10.0. The van der Waals surface area contributed by atoms with Gasteiger partial charge in [-0.2, -0.15) is 0 Å². The highest BCUT2D eigenvalue weighted by atomic mass is 35.5. The van der Waals surface area contributed by atoms with Gasteiger partial charge in [0.05, 0.1) is 0 Å². The second-order valence-corrected chi connectivity index (χ2v) is 7.62. The molecule has 132 valence electrons. The first-order valence-corrected chi connectivity index (χ1v) is 9.76. The third-order valence-corrected chi connectivity index (χ3v) is 5.59. The summed E-state index contributed by atoms with van der Waals surface area (Å²) in [5.41, 5.74) is 2.75. The van der Waals surface area contributed by atoms with Crippen LogP contribution >= 0.6 is 22.9 Å². The van der Waals surface area contributed by atoms with Crippen LogP contribution < -0.4 is 10.2 Å². The van der Waals surface area contributed by atoms with Crippen molar-refractivity contribution in [2.45, 2.75) is 12.5 Å². The SMILES string of the molecule is O=C(NC1CCN(c2nccs2)C1)c1ccc(-c2cccc(Cl)c2)cc1. The van der Waals surface area contributed by atoms with Gasteiger partial charge in [0.2, 0.25) is 0 Å². The van der Waals surface area contributed by atoms with Gasteiger partial charge in [0, 0.05) is 41.3 Å². The highest BCUT2D eigenvalue weighted by Gasteiger charge is 2.25. The second-order valence-electron chi connectivity index (χ2n) is 6.31. The molecule has 0 saturated carbocycles. The molecule has 1 aliphatic heterocycles. The van der Waals surface area contributed by atoms with Gasteiger partial charge in [0.1, 0.15) is 0 Å². The van der Waals surface area contributed by atoms with Gasteiger partial charge in [-0.15, -0.1) is 11.3 Å². The first-order valence-electron chi connectivity index (χ1n) is 8.50. The Morgan fingerprint density at radius 2 is 2.04 bits per heavy atom. The molecular weight excluding hydrogens is 366 g/mol. The third-order valence-electron chi connectivity index (χ3n) is 4.52. The van der Waals surface area contributed by atoms with E-state index >= 15 is 0 Å². The topological polar surface area (TPSA) is 45.2 Å². The van der Waals surface area contributed by atoms with Crippen LogP contribution in [0.4, 0.5) is 5.13 Å². The number of benzene rings is 2. The zero-order chi connectivity index (χ0) is 17.9. The number of carbonyl (C=O) groups excluding carboxylic acids is 1. The summed E-state index contributed by atoms with van der Waals surface area (Å²) in [5, 5.41) is 6.83. The maximum absolute atomic E-state index is 12.5. The van der Waals surface area contributed by atoms with Crippen LogP contribution in [0.3, 0.4) is 0 Å². The monoisotopic (exact) mass is 383 g/mol. The fourth-order valence-electron chi connectivity index (χ4n) is 3.17. The molecule has 1 aliphatic rings. The molecule has 6 heteroatoms. The van der Waals surface area contributed by atoms with Crippen LogP contribution in [0.25, 0.3) is 11.1 Å². The molecule has 2 heterocycles. The molecule has 3 aromatic rings. The molecule has 1 unspecified atom stereocenters. The van der Waals surface area contributed by atoms with E-state index in [9.17, 15) is 4.79 Å². The Balaban J connectivity index is 1.39. The molecule has 0 spiro atoms. The zero-order valence-electron chi connectivity index (χ0n) is 14.1. The fraction of sp³-hybridized carbons (Fsp3) is 0.200. The van der Waals surface area contributed by atoms with Gasteiger partial charge >= 0.3 is 0 Å². The van der Waals surface area contributed by atoms with Gasteiger partial charge in [-0.05, 0) is 41.8 Å². The fourth-order valence-corrected chi connectivity index (χ4v) is 4.05. The van der Waals surface area contributed by atoms with Crippen LogP contribution in [0.1, 0.15) is 16.8 Å². The van der Waals surface area contributed by atoms with Crippen molar-refractivity contribution in [1.82, 2.24) is 10.3 Å². The van der Waals surface area contributed by atoms with E-state index in [1.165, 1.54) is 0 Å². The molecule has 26 heavy (non-hydrogen) atoms. The predicted molar refractivity (Wildman–Crippen MR) is 107 cm³/mol. The minimum Gasteiger partial charge on any atom is -0.347 e. The van der Waals surface area contributed by atoms with Crippen molar-refractivity contribution in [3.8, 4) is 11.1 Å². The number of hydrogen-bond acceptors (Lipinski definition) is 4.